The van der Waals surface area contributed by atoms with Crippen LogP contribution < -0.4 is 0 Å². The number of carboxylic acids is 1. The summed E-state index contributed by atoms with van der Waals surface area (Å²) in [6.45, 7) is 0.985. The minimum Gasteiger partial charge on any atom is -0.479 e. The summed E-state index contributed by atoms with van der Waals surface area (Å²) in [6.07, 6.45) is 4.05. The maximum Gasteiger partial charge on any atom is 0.334 e. The quantitative estimate of drug-likeness (QED) is 0.921. The zero-order valence-electron chi connectivity index (χ0n) is 13.9. The lowest BCUT2D eigenvalue weighted by Crippen LogP contribution is -2.48. The predicted octanol–water partition coefficient (Wildman–Crippen LogP) is 2.66. The molecule has 24 heavy (non-hydrogen) atoms. The lowest BCUT2D eigenvalue weighted by Gasteiger charge is -2.33. The number of carboxylic acid groups (broad SMARTS) is 1. The van der Waals surface area contributed by atoms with Crippen molar-refractivity contribution in [2.45, 2.75) is 44.1 Å². The van der Waals surface area contributed by atoms with Gasteiger partial charge in [-0.1, -0.05) is 30.3 Å². The van der Waals surface area contributed by atoms with Crippen LogP contribution in [-0.4, -0.2) is 47.7 Å². The number of carbonyl (C=O) groups is 2. The highest BCUT2D eigenvalue weighted by Crippen LogP contribution is 2.37. The number of rotatable bonds is 4. The summed E-state index contributed by atoms with van der Waals surface area (Å²) >= 11 is 0. The lowest BCUT2D eigenvalue weighted by atomic mass is 9.77. The van der Waals surface area contributed by atoms with E-state index in [0.29, 0.717) is 31.4 Å². The van der Waals surface area contributed by atoms with E-state index in [1.807, 2.05) is 6.07 Å². The Morgan fingerprint density at radius 1 is 1.12 bits per heavy atom. The third-order valence-electron chi connectivity index (χ3n) is 5.28. The zero-order valence-corrected chi connectivity index (χ0v) is 13.9. The van der Waals surface area contributed by atoms with Gasteiger partial charge in [-0.3, -0.25) is 4.79 Å². The summed E-state index contributed by atoms with van der Waals surface area (Å²) in [5.74, 6) is 0.115. The molecule has 130 valence electrons. The van der Waals surface area contributed by atoms with E-state index in [1.54, 1.807) is 4.90 Å². The molecule has 2 aliphatic rings. The topological polar surface area (TPSA) is 66.8 Å². The highest BCUT2D eigenvalue weighted by Gasteiger charge is 2.31. The second-order valence-electron chi connectivity index (χ2n) is 6.87. The van der Waals surface area contributed by atoms with Crippen LogP contribution in [0.1, 0.15) is 43.6 Å². The smallest absolute Gasteiger partial charge is 0.334 e. The van der Waals surface area contributed by atoms with Crippen molar-refractivity contribution in [3.8, 4) is 0 Å². The molecule has 3 rings (SSSR count). The largest absolute Gasteiger partial charge is 0.479 e. The average Bonchev–Trinajstić information content (AvgIpc) is 2.63. The molecule has 5 nitrogen and oxygen atoms in total. The monoisotopic (exact) mass is 331 g/mol. The Bertz CT molecular complexity index is 566. The minimum absolute atomic E-state index is 0.0766. The molecular formula is C19H25NO4. The third kappa shape index (κ3) is 4.15. The van der Waals surface area contributed by atoms with E-state index in [9.17, 15) is 9.59 Å². The van der Waals surface area contributed by atoms with Crippen LogP contribution in [0.4, 0.5) is 0 Å². The van der Waals surface area contributed by atoms with Crippen molar-refractivity contribution in [3.05, 3.63) is 35.9 Å². The molecule has 1 saturated heterocycles. The number of hydrogen-bond acceptors (Lipinski definition) is 3. The molecule has 1 aliphatic carbocycles. The van der Waals surface area contributed by atoms with Crippen LogP contribution in [0, 0.1) is 5.92 Å². The van der Waals surface area contributed by atoms with Crippen molar-refractivity contribution in [1.82, 2.24) is 4.90 Å². The number of hydrogen-bond donors (Lipinski definition) is 1. The van der Waals surface area contributed by atoms with Crippen LogP contribution in [0.25, 0.3) is 0 Å². The van der Waals surface area contributed by atoms with Gasteiger partial charge in [-0.05, 0) is 43.1 Å². The Morgan fingerprint density at radius 2 is 1.83 bits per heavy atom. The molecule has 1 atom stereocenters. The Balaban J connectivity index is 1.47. The van der Waals surface area contributed by atoms with Crippen LogP contribution >= 0.6 is 0 Å². The summed E-state index contributed by atoms with van der Waals surface area (Å²) in [6, 6.07) is 10.6. The number of benzene rings is 1. The van der Waals surface area contributed by atoms with Gasteiger partial charge in [0.15, 0.2) is 6.10 Å². The molecule has 1 aliphatic heterocycles. The lowest BCUT2D eigenvalue weighted by molar-refractivity contribution is -0.159. The van der Waals surface area contributed by atoms with Gasteiger partial charge in [0.25, 0.3) is 0 Å². The molecule has 1 N–H and O–H groups in total. The Kier molecular flexibility index (Phi) is 5.51. The SMILES string of the molecule is O=C(O)C1CN(C(=O)CC2CCC(c3ccccc3)CC2)CCO1. The second kappa shape index (κ2) is 7.79. The van der Waals surface area contributed by atoms with E-state index in [0.717, 1.165) is 25.7 Å². The Labute approximate surface area is 142 Å². The van der Waals surface area contributed by atoms with Crippen molar-refractivity contribution in [2.75, 3.05) is 19.7 Å². The third-order valence-corrected chi connectivity index (χ3v) is 5.28. The first kappa shape index (κ1) is 17.0. The summed E-state index contributed by atoms with van der Waals surface area (Å²) < 4.78 is 5.18. The summed E-state index contributed by atoms with van der Waals surface area (Å²) in [4.78, 5) is 25.1. The number of ether oxygens (including phenoxy) is 1. The predicted molar refractivity (Wildman–Crippen MR) is 89.7 cm³/mol. The highest BCUT2D eigenvalue weighted by atomic mass is 16.5. The van der Waals surface area contributed by atoms with Crippen LogP contribution in [0.3, 0.4) is 0 Å². The fourth-order valence-electron chi connectivity index (χ4n) is 3.83. The highest BCUT2D eigenvalue weighted by molar-refractivity contribution is 5.78. The van der Waals surface area contributed by atoms with E-state index in [-0.39, 0.29) is 12.5 Å². The van der Waals surface area contributed by atoms with Gasteiger partial charge in [0, 0.05) is 13.0 Å². The molecule has 1 aromatic carbocycles. The van der Waals surface area contributed by atoms with E-state index in [4.69, 9.17) is 9.84 Å². The standard InChI is InChI=1S/C19H25NO4/c21-18(20-10-11-24-17(13-20)19(22)23)12-14-6-8-16(9-7-14)15-4-2-1-3-5-15/h1-5,14,16-17H,6-13H2,(H,22,23). The molecule has 5 heteroatoms. The fraction of sp³-hybridized carbons (Fsp3) is 0.579. The molecule has 1 unspecified atom stereocenters. The summed E-state index contributed by atoms with van der Waals surface area (Å²) in [7, 11) is 0. The number of morpholine rings is 1. The first-order valence-electron chi connectivity index (χ1n) is 8.80. The first-order chi connectivity index (χ1) is 11.6. The van der Waals surface area contributed by atoms with Gasteiger partial charge in [0.05, 0.1) is 13.2 Å². The van der Waals surface area contributed by atoms with E-state index >= 15 is 0 Å². The molecule has 0 bridgehead atoms. The van der Waals surface area contributed by atoms with Crippen LogP contribution in [-0.2, 0) is 14.3 Å². The zero-order chi connectivity index (χ0) is 16.9. The number of aliphatic carboxylic acids is 1. The average molecular weight is 331 g/mol. The molecule has 1 heterocycles. The van der Waals surface area contributed by atoms with Gasteiger partial charge < -0.3 is 14.7 Å². The van der Waals surface area contributed by atoms with Crippen LogP contribution in [0.2, 0.25) is 0 Å². The molecule has 1 saturated carbocycles. The molecule has 1 aromatic rings. The first-order valence-corrected chi connectivity index (χ1v) is 8.80. The van der Waals surface area contributed by atoms with Crippen molar-refractivity contribution < 1.29 is 19.4 Å². The molecule has 2 fully saturated rings. The molecule has 0 spiro atoms. The minimum atomic E-state index is -0.990. The fourth-order valence-corrected chi connectivity index (χ4v) is 3.83. The van der Waals surface area contributed by atoms with Gasteiger partial charge >= 0.3 is 5.97 Å². The normalized spacial score (nSPS) is 27.7. The Morgan fingerprint density at radius 3 is 2.50 bits per heavy atom. The molecule has 0 aromatic heterocycles. The molecular weight excluding hydrogens is 306 g/mol. The van der Waals surface area contributed by atoms with E-state index in [1.165, 1.54) is 5.56 Å². The summed E-state index contributed by atoms with van der Waals surface area (Å²) in [5, 5.41) is 9.03. The van der Waals surface area contributed by atoms with Crippen molar-refractivity contribution in [3.63, 3.8) is 0 Å². The molecule has 0 radical (unpaired) electrons. The summed E-state index contributed by atoms with van der Waals surface area (Å²) in [5.41, 5.74) is 1.40. The van der Waals surface area contributed by atoms with E-state index in [2.05, 4.69) is 24.3 Å². The van der Waals surface area contributed by atoms with Gasteiger partial charge in [0.2, 0.25) is 5.91 Å². The number of carbonyl (C=O) groups excluding carboxylic acids is 1. The van der Waals surface area contributed by atoms with E-state index < -0.39 is 12.1 Å². The maximum absolute atomic E-state index is 12.5. The van der Waals surface area contributed by atoms with Gasteiger partial charge in [0.1, 0.15) is 0 Å². The number of nitrogens with zero attached hydrogens (tertiary/aromatic N) is 1. The van der Waals surface area contributed by atoms with Gasteiger partial charge in [-0.25, -0.2) is 4.79 Å². The van der Waals surface area contributed by atoms with Crippen LogP contribution in [0.5, 0.6) is 0 Å². The van der Waals surface area contributed by atoms with Gasteiger partial charge in [-0.2, -0.15) is 0 Å². The van der Waals surface area contributed by atoms with Crippen LogP contribution in [0.15, 0.2) is 30.3 Å². The molecule has 1 amide bonds. The number of amides is 1. The van der Waals surface area contributed by atoms with Crippen molar-refractivity contribution in [1.29, 1.82) is 0 Å². The van der Waals surface area contributed by atoms with Crippen molar-refractivity contribution >= 4 is 11.9 Å². The second-order valence-corrected chi connectivity index (χ2v) is 6.87. The maximum atomic E-state index is 12.5. The van der Waals surface area contributed by atoms with Crippen molar-refractivity contribution in [2.24, 2.45) is 5.92 Å². The Hall–Kier alpha value is -1.88. The van der Waals surface area contributed by atoms with Gasteiger partial charge in [-0.15, -0.1) is 0 Å².